The molecule has 4 rings (SSSR count). The maximum Gasteiger partial charge on any atom is 0.230 e. The topological polar surface area (TPSA) is 82.3 Å². The van der Waals surface area contributed by atoms with Crippen molar-refractivity contribution in [3.05, 3.63) is 72.4 Å². The summed E-state index contributed by atoms with van der Waals surface area (Å²) in [5.74, 6) is 2.25. The molecule has 0 aliphatic carbocycles. The van der Waals surface area contributed by atoms with Gasteiger partial charge in [0, 0.05) is 28.7 Å². The number of nitrogen functional groups attached to an aromatic ring is 1. The van der Waals surface area contributed by atoms with Crippen LogP contribution in [-0.2, 0) is 0 Å². The molecule has 3 N–H and O–H groups in total. The van der Waals surface area contributed by atoms with E-state index >= 15 is 0 Å². The molecule has 6 nitrogen and oxygen atoms in total. The average molecular weight is 372 g/mol. The summed E-state index contributed by atoms with van der Waals surface area (Å²) in [6.07, 6.45) is 1.64. The minimum atomic E-state index is 0.416. The molecule has 0 amide bonds. The van der Waals surface area contributed by atoms with Crippen LogP contribution < -0.4 is 20.5 Å². The number of fused-ring (bicyclic) bond motifs is 1. The van der Waals surface area contributed by atoms with Crippen LogP contribution in [0.4, 0.5) is 17.3 Å². The molecule has 0 bridgehead atoms. The van der Waals surface area contributed by atoms with Crippen LogP contribution in [-0.4, -0.2) is 17.1 Å². The van der Waals surface area contributed by atoms with Crippen molar-refractivity contribution < 1.29 is 9.47 Å². The fourth-order valence-electron chi connectivity index (χ4n) is 2.98. The number of hydrogen-bond donors (Lipinski definition) is 2. The Hall–Kier alpha value is -3.80. The molecule has 0 unspecified atom stereocenters. The number of aryl methyl sites for hydroxylation is 1. The number of anilines is 3. The molecule has 140 valence electrons. The van der Waals surface area contributed by atoms with E-state index in [1.54, 1.807) is 19.4 Å². The third kappa shape index (κ3) is 3.53. The van der Waals surface area contributed by atoms with Crippen molar-refractivity contribution in [1.82, 2.24) is 9.97 Å². The highest BCUT2D eigenvalue weighted by Crippen LogP contribution is 2.33. The van der Waals surface area contributed by atoms with Gasteiger partial charge >= 0.3 is 0 Å². The fourth-order valence-corrected chi connectivity index (χ4v) is 2.98. The number of rotatable bonds is 5. The highest BCUT2D eigenvalue weighted by atomic mass is 16.5. The molecule has 0 aliphatic heterocycles. The third-order valence-electron chi connectivity index (χ3n) is 4.37. The molecule has 1 heterocycles. The molecule has 0 fully saturated rings. The van der Waals surface area contributed by atoms with E-state index in [0.717, 1.165) is 27.8 Å². The van der Waals surface area contributed by atoms with Gasteiger partial charge in [-0.25, -0.2) is 4.98 Å². The summed E-state index contributed by atoms with van der Waals surface area (Å²) in [5, 5.41) is 5.04. The maximum absolute atomic E-state index is 6.06. The summed E-state index contributed by atoms with van der Waals surface area (Å²) in [7, 11) is 1.63. The smallest absolute Gasteiger partial charge is 0.230 e. The minimum absolute atomic E-state index is 0.416. The highest BCUT2D eigenvalue weighted by Gasteiger charge is 2.09. The quantitative estimate of drug-likeness (QED) is 0.476. The Morgan fingerprint density at radius 2 is 1.75 bits per heavy atom. The molecule has 0 atom stereocenters. The first-order chi connectivity index (χ1) is 13.6. The Morgan fingerprint density at radius 3 is 2.57 bits per heavy atom. The van der Waals surface area contributed by atoms with Crippen molar-refractivity contribution in [2.45, 2.75) is 6.92 Å². The second kappa shape index (κ2) is 7.44. The summed E-state index contributed by atoms with van der Waals surface area (Å²) in [5.41, 5.74) is 8.66. The van der Waals surface area contributed by atoms with Crippen molar-refractivity contribution >= 4 is 28.1 Å². The summed E-state index contributed by atoms with van der Waals surface area (Å²) in [6, 6.07) is 19.1. The van der Waals surface area contributed by atoms with E-state index in [2.05, 4.69) is 15.3 Å². The standard InChI is InChI=1S/C22H20N4O2/c1-14-7-9-18(20(13-14)27-2)25-22-24-12-11-21(26-22)28-19-10-8-17(23)15-5-3-4-6-16(15)19/h3-13H,23H2,1-2H3,(H,24,25,26). The van der Waals surface area contributed by atoms with E-state index < -0.39 is 0 Å². The first-order valence-electron chi connectivity index (χ1n) is 8.84. The van der Waals surface area contributed by atoms with Crippen LogP contribution in [0.2, 0.25) is 0 Å². The third-order valence-corrected chi connectivity index (χ3v) is 4.37. The maximum atomic E-state index is 6.06. The Bertz CT molecular complexity index is 1140. The van der Waals surface area contributed by atoms with Gasteiger partial charge < -0.3 is 20.5 Å². The molecule has 0 spiro atoms. The predicted molar refractivity (Wildman–Crippen MR) is 111 cm³/mol. The van der Waals surface area contributed by atoms with Gasteiger partial charge in [0.25, 0.3) is 0 Å². The van der Waals surface area contributed by atoms with E-state index in [9.17, 15) is 0 Å². The lowest BCUT2D eigenvalue weighted by Gasteiger charge is -2.12. The lowest BCUT2D eigenvalue weighted by molar-refractivity contribution is 0.416. The number of benzene rings is 3. The van der Waals surface area contributed by atoms with Crippen LogP contribution in [0.1, 0.15) is 5.56 Å². The van der Waals surface area contributed by atoms with Crippen molar-refractivity contribution in [2.75, 3.05) is 18.2 Å². The largest absolute Gasteiger partial charge is 0.495 e. The van der Waals surface area contributed by atoms with Crippen molar-refractivity contribution in [3.63, 3.8) is 0 Å². The molecule has 6 heteroatoms. The second-order valence-electron chi connectivity index (χ2n) is 6.35. The SMILES string of the molecule is COc1cc(C)ccc1Nc1nccc(Oc2ccc(N)c3ccccc23)n1. The van der Waals surface area contributed by atoms with Gasteiger partial charge in [0.1, 0.15) is 11.5 Å². The molecule has 0 saturated heterocycles. The monoisotopic (exact) mass is 372 g/mol. The number of ether oxygens (including phenoxy) is 2. The lowest BCUT2D eigenvalue weighted by atomic mass is 10.1. The lowest BCUT2D eigenvalue weighted by Crippen LogP contribution is -2.00. The average Bonchev–Trinajstić information content (AvgIpc) is 2.72. The number of hydrogen-bond acceptors (Lipinski definition) is 6. The Kier molecular flexibility index (Phi) is 4.68. The molecule has 3 aromatic carbocycles. The number of methoxy groups -OCH3 is 1. The molecule has 28 heavy (non-hydrogen) atoms. The van der Waals surface area contributed by atoms with E-state index in [4.69, 9.17) is 15.2 Å². The summed E-state index contributed by atoms with van der Waals surface area (Å²) in [4.78, 5) is 8.73. The summed E-state index contributed by atoms with van der Waals surface area (Å²) < 4.78 is 11.4. The van der Waals surface area contributed by atoms with Crippen LogP contribution in [0.25, 0.3) is 10.8 Å². The number of aromatic nitrogens is 2. The molecule has 0 radical (unpaired) electrons. The second-order valence-corrected chi connectivity index (χ2v) is 6.35. The Balaban J connectivity index is 1.63. The predicted octanol–water partition coefficient (Wildman–Crippen LogP) is 5.06. The van der Waals surface area contributed by atoms with E-state index in [0.29, 0.717) is 23.3 Å². The van der Waals surface area contributed by atoms with Crippen molar-refractivity contribution in [3.8, 4) is 17.4 Å². The van der Waals surface area contributed by atoms with Crippen LogP contribution in [0.5, 0.6) is 17.4 Å². The molecule has 1 aromatic heterocycles. The van der Waals surface area contributed by atoms with Gasteiger partial charge in [0.05, 0.1) is 12.8 Å². The van der Waals surface area contributed by atoms with E-state index in [-0.39, 0.29) is 0 Å². The van der Waals surface area contributed by atoms with Gasteiger partial charge in [0.15, 0.2) is 0 Å². The zero-order valence-electron chi connectivity index (χ0n) is 15.6. The first kappa shape index (κ1) is 17.6. The minimum Gasteiger partial charge on any atom is -0.495 e. The zero-order valence-corrected chi connectivity index (χ0v) is 15.6. The normalized spacial score (nSPS) is 10.6. The summed E-state index contributed by atoms with van der Waals surface area (Å²) in [6.45, 7) is 2.01. The van der Waals surface area contributed by atoms with Gasteiger partial charge in [-0.05, 0) is 36.8 Å². The van der Waals surface area contributed by atoms with Gasteiger partial charge in [0.2, 0.25) is 11.8 Å². The Morgan fingerprint density at radius 1 is 0.929 bits per heavy atom. The van der Waals surface area contributed by atoms with Gasteiger partial charge in [-0.1, -0.05) is 30.3 Å². The molecule has 4 aromatic rings. The van der Waals surface area contributed by atoms with Gasteiger partial charge in [-0.3, -0.25) is 0 Å². The molecule has 0 saturated carbocycles. The van der Waals surface area contributed by atoms with Crippen molar-refractivity contribution in [2.24, 2.45) is 0 Å². The summed E-state index contributed by atoms with van der Waals surface area (Å²) >= 11 is 0. The first-order valence-corrected chi connectivity index (χ1v) is 8.84. The fraction of sp³-hybridized carbons (Fsp3) is 0.0909. The van der Waals surface area contributed by atoms with E-state index in [1.807, 2.05) is 61.5 Å². The number of nitrogens with zero attached hydrogens (tertiary/aromatic N) is 2. The van der Waals surface area contributed by atoms with Gasteiger partial charge in [-0.2, -0.15) is 4.98 Å². The van der Waals surface area contributed by atoms with E-state index in [1.165, 1.54) is 0 Å². The van der Waals surface area contributed by atoms with Gasteiger partial charge in [-0.15, -0.1) is 0 Å². The van der Waals surface area contributed by atoms with Crippen LogP contribution in [0, 0.1) is 6.92 Å². The molecular formula is C22H20N4O2. The number of nitrogens with one attached hydrogen (secondary N) is 1. The van der Waals surface area contributed by atoms with Crippen LogP contribution in [0.15, 0.2) is 66.9 Å². The van der Waals surface area contributed by atoms with Crippen LogP contribution >= 0.6 is 0 Å². The highest BCUT2D eigenvalue weighted by molar-refractivity contribution is 5.97. The molecular weight excluding hydrogens is 352 g/mol. The number of nitrogens with two attached hydrogens (primary N) is 1. The Labute approximate surface area is 163 Å². The van der Waals surface area contributed by atoms with Crippen LogP contribution in [0.3, 0.4) is 0 Å². The molecule has 0 aliphatic rings. The van der Waals surface area contributed by atoms with Crippen molar-refractivity contribution in [1.29, 1.82) is 0 Å². The zero-order chi connectivity index (χ0) is 19.5.